The Morgan fingerprint density at radius 1 is 1.22 bits per heavy atom. The van der Waals surface area contributed by atoms with Crippen LogP contribution in [0, 0.1) is 0 Å². The minimum atomic E-state index is -1.50. The first kappa shape index (κ1) is 17.0. The fourth-order valence-corrected chi connectivity index (χ4v) is 3.20. The Labute approximate surface area is 144 Å². The molecule has 9 heteroatoms. The second kappa shape index (κ2) is 6.56. The van der Waals surface area contributed by atoms with Crippen LogP contribution in [0.3, 0.4) is 0 Å². The molecule has 1 aliphatic rings. The summed E-state index contributed by atoms with van der Waals surface area (Å²) < 4.78 is 11.5. The number of rotatable bonds is 3. The number of aromatic amines is 1. The average molecular weight is 409 g/mol. The maximum absolute atomic E-state index is 10.0. The lowest BCUT2D eigenvalue weighted by Gasteiger charge is -2.39. The molecule has 126 valence electrons. The van der Waals surface area contributed by atoms with E-state index < -0.39 is 37.3 Å². The molecule has 3 rings (SSSR count). The molecule has 2 heterocycles. The van der Waals surface area contributed by atoms with Gasteiger partial charge in [0.15, 0.2) is 5.75 Å². The molecule has 1 aliphatic heterocycles. The van der Waals surface area contributed by atoms with Gasteiger partial charge in [-0.15, -0.1) is 0 Å². The number of aliphatic hydroxyl groups is 4. The van der Waals surface area contributed by atoms with E-state index in [0.717, 1.165) is 0 Å². The number of aliphatic hydroxyl groups excluding tert-OH is 4. The molecule has 7 nitrogen and oxygen atoms in total. The first-order valence-electron chi connectivity index (χ1n) is 6.86. The standard InChI is InChI=1S/C14H15BrClNO6/c15-13-12(6-2-1-5(16)3-7(6)17-13)23-14-11(21)10(20)9(19)8(4-18)22-14/h1-3,8-11,14,17-21H,4H2/t8-,9+,10+,11-,14+/m1/s1. The van der Waals surface area contributed by atoms with E-state index in [4.69, 9.17) is 21.1 Å². The van der Waals surface area contributed by atoms with Crippen molar-refractivity contribution in [1.29, 1.82) is 0 Å². The highest BCUT2D eigenvalue weighted by atomic mass is 79.9. The number of aromatic nitrogens is 1. The number of hydrogen-bond acceptors (Lipinski definition) is 6. The summed E-state index contributed by atoms with van der Waals surface area (Å²) in [4.78, 5) is 3.03. The van der Waals surface area contributed by atoms with Crippen molar-refractivity contribution in [3.8, 4) is 5.75 Å². The number of nitrogens with one attached hydrogen (secondary N) is 1. The van der Waals surface area contributed by atoms with E-state index in [2.05, 4.69) is 20.9 Å². The van der Waals surface area contributed by atoms with Crippen LogP contribution in [0.15, 0.2) is 22.8 Å². The summed E-state index contributed by atoms with van der Waals surface area (Å²) in [5.41, 5.74) is 0.712. The summed E-state index contributed by atoms with van der Waals surface area (Å²) in [6.45, 7) is -0.518. The molecule has 0 aliphatic carbocycles. The summed E-state index contributed by atoms with van der Waals surface area (Å²) in [7, 11) is 0. The van der Waals surface area contributed by atoms with Crippen molar-refractivity contribution in [2.45, 2.75) is 30.7 Å². The van der Waals surface area contributed by atoms with Crippen molar-refractivity contribution >= 4 is 38.4 Å². The van der Waals surface area contributed by atoms with E-state index in [9.17, 15) is 20.4 Å². The SMILES string of the molecule is OC[C@H]1O[C@@H](Oc2c(Br)[nH]c3cc(Cl)ccc23)[C@H](O)[C@@H](O)[C@H]1O. The summed E-state index contributed by atoms with van der Waals surface area (Å²) in [5, 5.41) is 40.1. The van der Waals surface area contributed by atoms with E-state index >= 15 is 0 Å². The summed E-state index contributed by atoms with van der Waals surface area (Å²) >= 11 is 9.26. The zero-order valence-corrected chi connectivity index (χ0v) is 14.0. The molecule has 0 amide bonds. The first-order valence-corrected chi connectivity index (χ1v) is 8.03. The molecule has 0 spiro atoms. The van der Waals surface area contributed by atoms with Gasteiger partial charge in [-0.1, -0.05) is 11.6 Å². The van der Waals surface area contributed by atoms with E-state index in [1.807, 2.05) is 0 Å². The molecule has 23 heavy (non-hydrogen) atoms. The van der Waals surface area contributed by atoms with Crippen LogP contribution in [0.1, 0.15) is 0 Å². The lowest BCUT2D eigenvalue weighted by Crippen LogP contribution is -2.60. The van der Waals surface area contributed by atoms with Crippen molar-refractivity contribution in [3.63, 3.8) is 0 Å². The molecular weight excluding hydrogens is 394 g/mol. The third-order valence-electron chi connectivity index (χ3n) is 3.75. The first-order chi connectivity index (χ1) is 10.9. The van der Waals surface area contributed by atoms with Crippen LogP contribution in [0.5, 0.6) is 5.75 Å². The normalized spacial score (nSPS) is 31.5. The number of ether oxygens (including phenoxy) is 2. The Morgan fingerprint density at radius 3 is 2.65 bits per heavy atom. The van der Waals surface area contributed by atoms with E-state index in [0.29, 0.717) is 26.3 Å². The van der Waals surface area contributed by atoms with Crippen LogP contribution in [0.2, 0.25) is 5.02 Å². The van der Waals surface area contributed by atoms with E-state index in [-0.39, 0.29) is 0 Å². The van der Waals surface area contributed by atoms with Crippen molar-refractivity contribution < 1.29 is 29.9 Å². The summed E-state index contributed by atoms with van der Waals surface area (Å²) in [5.74, 6) is 0.362. The molecule has 1 aromatic carbocycles. The van der Waals surface area contributed by atoms with Gasteiger partial charge in [0, 0.05) is 10.4 Å². The average Bonchev–Trinajstić information content (AvgIpc) is 2.82. The van der Waals surface area contributed by atoms with Crippen LogP contribution in [-0.2, 0) is 4.74 Å². The molecule has 2 aromatic rings. The molecule has 1 fully saturated rings. The third-order valence-corrected chi connectivity index (χ3v) is 4.55. The molecule has 0 unspecified atom stereocenters. The lowest BCUT2D eigenvalue weighted by atomic mass is 9.99. The Balaban J connectivity index is 1.90. The van der Waals surface area contributed by atoms with Crippen molar-refractivity contribution in [1.82, 2.24) is 4.98 Å². The van der Waals surface area contributed by atoms with Crippen molar-refractivity contribution in [2.75, 3.05) is 6.61 Å². The van der Waals surface area contributed by atoms with Gasteiger partial charge >= 0.3 is 0 Å². The van der Waals surface area contributed by atoms with Gasteiger partial charge in [-0.3, -0.25) is 0 Å². The summed E-state index contributed by atoms with van der Waals surface area (Å²) in [6, 6.07) is 5.13. The van der Waals surface area contributed by atoms with Crippen LogP contribution in [-0.4, -0.2) is 62.7 Å². The minimum absolute atomic E-state index is 0.362. The molecule has 5 N–H and O–H groups in total. The fourth-order valence-electron chi connectivity index (χ4n) is 2.51. The van der Waals surface area contributed by atoms with Gasteiger partial charge in [0.05, 0.1) is 12.1 Å². The largest absolute Gasteiger partial charge is 0.459 e. The Morgan fingerprint density at radius 2 is 1.96 bits per heavy atom. The van der Waals surface area contributed by atoms with Gasteiger partial charge in [-0.05, 0) is 34.1 Å². The number of hydrogen-bond donors (Lipinski definition) is 5. The van der Waals surface area contributed by atoms with E-state index in [1.54, 1.807) is 18.2 Å². The predicted molar refractivity (Wildman–Crippen MR) is 85.4 cm³/mol. The highest BCUT2D eigenvalue weighted by molar-refractivity contribution is 9.10. The van der Waals surface area contributed by atoms with Gasteiger partial charge in [0.1, 0.15) is 29.0 Å². The maximum Gasteiger partial charge on any atom is 0.229 e. The third kappa shape index (κ3) is 3.08. The Kier molecular flexibility index (Phi) is 4.84. The molecule has 1 aromatic heterocycles. The van der Waals surface area contributed by atoms with Gasteiger partial charge in [0.2, 0.25) is 6.29 Å². The Bertz CT molecular complexity index is 708. The molecule has 0 saturated carbocycles. The zero-order valence-electron chi connectivity index (χ0n) is 11.7. The second-order valence-electron chi connectivity index (χ2n) is 5.27. The predicted octanol–water partition coefficient (Wildman–Crippen LogP) is 0.762. The van der Waals surface area contributed by atoms with Crippen molar-refractivity contribution in [2.24, 2.45) is 0 Å². The number of H-pyrrole nitrogens is 1. The number of fused-ring (bicyclic) bond motifs is 1. The van der Waals surface area contributed by atoms with Gasteiger partial charge in [-0.2, -0.15) is 0 Å². The molecule has 0 radical (unpaired) electrons. The lowest BCUT2D eigenvalue weighted by molar-refractivity contribution is -0.277. The van der Waals surface area contributed by atoms with Crippen LogP contribution in [0.25, 0.3) is 10.9 Å². The highest BCUT2D eigenvalue weighted by Gasteiger charge is 2.45. The fraction of sp³-hybridized carbons (Fsp3) is 0.429. The quantitative estimate of drug-likeness (QED) is 0.512. The number of benzene rings is 1. The van der Waals surface area contributed by atoms with Gasteiger partial charge in [-0.25, -0.2) is 0 Å². The molecule has 0 bridgehead atoms. The number of halogens is 2. The molecule has 5 atom stereocenters. The topological polar surface area (TPSA) is 115 Å². The molecule has 1 saturated heterocycles. The van der Waals surface area contributed by atoms with Gasteiger partial charge in [0.25, 0.3) is 0 Å². The van der Waals surface area contributed by atoms with Crippen LogP contribution >= 0.6 is 27.5 Å². The second-order valence-corrected chi connectivity index (χ2v) is 6.50. The van der Waals surface area contributed by atoms with Crippen LogP contribution < -0.4 is 4.74 Å². The van der Waals surface area contributed by atoms with Crippen LogP contribution in [0.4, 0.5) is 0 Å². The smallest absolute Gasteiger partial charge is 0.229 e. The maximum atomic E-state index is 10.0. The monoisotopic (exact) mass is 407 g/mol. The molecular formula is C14H15BrClNO6. The van der Waals surface area contributed by atoms with Crippen molar-refractivity contribution in [3.05, 3.63) is 27.8 Å². The van der Waals surface area contributed by atoms with Gasteiger partial charge < -0.3 is 34.9 Å². The summed E-state index contributed by atoms with van der Waals surface area (Å²) in [6.07, 6.45) is -6.69. The highest BCUT2D eigenvalue weighted by Crippen LogP contribution is 2.37. The Hall–Kier alpha value is -0.870. The van der Waals surface area contributed by atoms with E-state index in [1.165, 1.54) is 0 Å². The minimum Gasteiger partial charge on any atom is -0.459 e. The zero-order chi connectivity index (χ0) is 16.7.